The molecule has 162 valence electrons. The number of rotatable bonds is 9. The summed E-state index contributed by atoms with van der Waals surface area (Å²) >= 11 is 0. The Balaban J connectivity index is 1.72. The molecule has 0 aliphatic carbocycles. The maximum Gasteiger partial charge on any atom is 0.293 e. The van der Waals surface area contributed by atoms with Crippen LogP contribution in [0, 0.1) is 0 Å². The second-order valence-corrected chi connectivity index (χ2v) is 5.99. The van der Waals surface area contributed by atoms with Crippen molar-refractivity contribution in [1.82, 2.24) is 30.7 Å². The van der Waals surface area contributed by atoms with Crippen LogP contribution in [-0.2, 0) is 11.2 Å². The SMILES string of the molecule is CCc1c(C(=O)N/N=C/c2ccc(OCC(N)=O)c(OC)c2)nnn1-c1nonc1N. The van der Waals surface area contributed by atoms with Crippen LogP contribution in [0.4, 0.5) is 5.82 Å². The lowest BCUT2D eigenvalue weighted by molar-refractivity contribution is -0.119. The summed E-state index contributed by atoms with van der Waals surface area (Å²) in [6, 6.07) is 4.85. The van der Waals surface area contributed by atoms with Gasteiger partial charge >= 0.3 is 0 Å². The predicted octanol–water partition coefficient (Wildman–Crippen LogP) is -0.568. The van der Waals surface area contributed by atoms with Gasteiger partial charge in [0.2, 0.25) is 11.6 Å². The number of anilines is 1. The Kier molecular flexibility index (Phi) is 6.39. The molecule has 5 N–H and O–H groups in total. The normalized spacial score (nSPS) is 10.9. The third-order valence-electron chi connectivity index (χ3n) is 3.95. The summed E-state index contributed by atoms with van der Waals surface area (Å²) in [5.74, 6) is -0.330. The number of carbonyl (C=O) groups is 2. The highest BCUT2D eigenvalue weighted by Crippen LogP contribution is 2.27. The molecule has 0 saturated carbocycles. The zero-order valence-corrected chi connectivity index (χ0v) is 16.6. The van der Waals surface area contributed by atoms with Crippen molar-refractivity contribution in [3.63, 3.8) is 0 Å². The van der Waals surface area contributed by atoms with Crippen LogP contribution in [0.5, 0.6) is 11.5 Å². The van der Waals surface area contributed by atoms with E-state index in [0.717, 1.165) is 0 Å². The molecule has 0 bridgehead atoms. The average molecular weight is 429 g/mol. The molecule has 2 heterocycles. The minimum Gasteiger partial charge on any atom is -0.493 e. The molecule has 0 atom stereocenters. The number of amides is 2. The maximum absolute atomic E-state index is 12.5. The van der Waals surface area contributed by atoms with E-state index in [-0.39, 0.29) is 23.9 Å². The number of methoxy groups -OCH3 is 1. The lowest BCUT2D eigenvalue weighted by atomic mass is 10.2. The predicted molar refractivity (Wildman–Crippen MR) is 106 cm³/mol. The van der Waals surface area contributed by atoms with Gasteiger partial charge in [-0.1, -0.05) is 12.1 Å². The number of hydrazone groups is 1. The van der Waals surface area contributed by atoms with Gasteiger partial charge < -0.3 is 20.9 Å². The number of carbonyl (C=O) groups excluding carboxylic acids is 2. The van der Waals surface area contributed by atoms with Gasteiger partial charge in [-0.3, -0.25) is 9.59 Å². The van der Waals surface area contributed by atoms with Crippen molar-refractivity contribution in [1.29, 1.82) is 0 Å². The van der Waals surface area contributed by atoms with Crippen LogP contribution in [0.25, 0.3) is 5.82 Å². The Bertz CT molecular complexity index is 1120. The van der Waals surface area contributed by atoms with E-state index in [9.17, 15) is 9.59 Å². The Morgan fingerprint density at radius 1 is 1.32 bits per heavy atom. The fourth-order valence-electron chi connectivity index (χ4n) is 2.55. The monoisotopic (exact) mass is 429 g/mol. The summed E-state index contributed by atoms with van der Waals surface area (Å²) in [6.07, 6.45) is 1.81. The summed E-state index contributed by atoms with van der Waals surface area (Å²) in [5, 5.41) is 18.8. The molecular weight excluding hydrogens is 410 g/mol. The fourth-order valence-corrected chi connectivity index (χ4v) is 2.55. The van der Waals surface area contributed by atoms with Crippen molar-refractivity contribution in [2.24, 2.45) is 10.8 Å². The summed E-state index contributed by atoms with van der Waals surface area (Å²) in [6.45, 7) is 1.53. The van der Waals surface area contributed by atoms with Gasteiger partial charge in [0, 0.05) is 0 Å². The van der Waals surface area contributed by atoms with Crippen LogP contribution in [0.1, 0.15) is 28.7 Å². The number of nitrogens with zero attached hydrogens (tertiary/aromatic N) is 6. The third kappa shape index (κ3) is 4.75. The largest absolute Gasteiger partial charge is 0.493 e. The molecule has 31 heavy (non-hydrogen) atoms. The quantitative estimate of drug-likeness (QED) is 0.292. The molecule has 0 unspecified atom stereocenters. The second kappa shape index (κ2) is 9.34. The number of hydrogen-bond acceptors (Lipinski definition) is 11. The molecule has 0 aliphatic heterocycles. The molecule has 0 spiro atoms. The van der Waals surface area contributed by atoms with Gasteiger partial charge in [-0.15, -0.1) is 5.10 Å². The highest BCUT2D eigenvalue weighted by molar-refractivity contribution is 5.94. The van der Waals surface area contributed by atoms with E-state index in [1.807, 2.05) is 6.92 Å². The first-order chi connectivity index (χ1) is 14.9. The van der Waals surface area contributed by atoms with E-state index in [0.29, 0.717) is 29.2 Å². The first-order valence-corrected chi connectivity index (χ1v) is 8.90. The Hall–Kier alpha value is -4.49. The van der Waals surface area contributed by atoms with Crippen LogP contribution in [0.2, 0.25) is 0 Å². The first kappa shape index (κ1) is 21.2. The van der Waals surface area contributed by atoms with Gasteiger partial charge in [0.05, 0.1) is 19.0 Å². The van der Waals surface area contributed by atoms with Gasteiger partial charge in [-0.05, 0) is 40.5 Å². The maximum atomic E-state index is 12.5. The molecule has 14 nitrogen and oxygen atoms in total. The van der Waals surface area contributed by atoms with Crippen LogP contribution < -0.4 is 26.4 Å². The van der Waals surface area contributed by atoms with Gasteiger partial charge in [0.25, 0.3) is 11.8 Å². The molecule has 3 aromatic rings. The Morgan fingerprint density at radius 2 is 2.13 bits per heavy atom. The number of nitrogen functional groups attached to an aromatic ring is 1. The average Bonchev–Trinajstić information content (AvgIpc) is 3.37. The summed E-state index contributed by atoms with van der Waals surface area (Å²) in [4.78, 5) is 23.3. The van der Waals surface area contributed by atoms with Gasteiger partial charge in [0.1, 0.15) is 0 Å². The second-order valence-electron chi connectivity index (χ2n) is 5.99. The van der Waals surface area contributed by atoms with E-state index in [1.54, 1.807) is 18.2 Å². The number of benzene rings is 1. The smallest absolute Gasteiger partial charge is 0.293 e. The molecule has 2 amide bonds. The molecular formula is C17H19N9O5. The van der Waals surface area contributed by atoms with Crippen LogP contribution >= 0.6 is 0 Å². The highest BCUT2D eigenvalue weighted by atomic mass is 16.6. The lowest BCUT2D eigenvalue weighted by Crippen LogP contribution is -2.20. The molecule has 0 fully saturated rings. The van der Waals surface area contributed by atoms with Crippen LogP contribution in [-0.4, -0.2) is 57.1 Å². The molecule has 14 heteroatoms. The minimum absolute atomic E-state index is 0.0155. The van der Waals surface area contributed by atoms with E-state index >= 15 is 0 Å². The van der Waals surface area contributed by atoms with Crippen LogP contribution in [0.15, 0.2) is 27.9 Å². The van der Waals surface area contributed by atoms with Crippen molar-refractivity contribution in [3.05, 3.63) is 35.2 Å². The first-order valence-electron chi connectivity index (χ1n) is 8.90. The highest BCUT2D eigenvalue weighted by Gasteiger charge is 2.22. The molecule has 0 radical (unpaired) electrons. The summed E-state index contributed by atoms with van der Waals surface area (Å²) in [5.41, 5.74) is 14.2. The van der Waals surface area contributed by atoms with Crippen LogP contribution in [0.3, 0.4) is 0 Å². The molecule has 0 saturated heterocycles. The summed E-state index contributed by atoms with van der Waals surface area (Å²) < 4.78 is 16.3. The lowest BCUT2D eigenvalue weighted by Gasteiger charge is -2.09. The number of nitrogens with two attached hydrogens (primary N) is 2. The van der Waals surface area contributed by atoms with E-state index in [1.165, 1.54) is 18.0 Å². The summed E-state index contributed by atoms with van der Waals surface area (Å²) in [7, 11) is 1.45. The number of nitrogens with one attached hydrogen (secondary N) is 1. The number of aromatic nitrogens is 5. The zero-order valence-electron chi connectivity index (χ0n) is 16.6. The fraction of sp³-hybridized carbons (Fsp3) is 0.235. The van der Waals surface area contributed by atoms with Crippen molar-refractivity contribution < 1.29 is 23.7 Å². The molecule has 3 rings (SSSR count). The van der Waals surface area contributed by atoms with Gasteiger partial charge in [-0.2, -0.15) is 9.78 Å². The molecule has 0 aliphatic rings. The van der Waals surface area contributed by atoms with Gasteiger partial charge in [0.15, 0.2) is 23.8 Å². The van der Waals surface area contributed by atoms with Crippen molar-refractivity contribution in [2.45, 2.75) is 13.3 Å². The van der Waals surface area contributed by atoms with Crippen molar-refractivity contribution in [3.8, 4) is 17.3 Å². The number of primary amides is 1. The van der Waals surface area contributed by atoms with E-state index < -0.39 is 11.8 Å². The van der Waals surface area contributed by atoms with E-state index in [4.69, 9.17) is 20.9 Å². The standard InChI is InChI=1S/C17H19N9O5/c1-3-10-14(21-25-26(10)16-15(19)23-31-24-16)17(28)22-20-7-9-4-5-11(12(6-9)29-2)30-8-13(18)27/h4-7H,3,8H2,1-2H3,(H2,18,27)(H2,19,23)(H,22,28)/b20-7+. The Morgan fingerprint density at radius 3 is 2.77 bits per heavy atom. The third-order valence-corrected chi connectivity index (χ3v) is 3.95. The molecule has 1 aromatic carbocycles. The number of hydrogen-bond donors (Lipinski definition) is 3. The van der Waals surface area contributed by atoms with Crippen molar-refractivity contribution in [2.75, 3.05) is 19.5 Å². The Labute approximate surface area is 175 Å². The van der Waals surface area contributed by atoms with E-state index in [2.05, 4.69) is 35.8 Å². The topological polar surface area (TPSA) is 199 Å². The number of ether oxygens (including phenoxy) is 2. The van der Waals surface area contributed by atoms with Crippen molar-refractivity contribution >= 4 is 23.8 Å². The van der Waals surface area contributed by atoms with Gasteiger partial charge in [-0.25, -0.2) is 10.1 Å². The molecule has 2 aromatic heterocycles. The minimum atomic E-state index is -0.610. The zero-order chi connectivity index (χ0) is 22.4.